The highest BCUT2D eigenvalue weighted by Crippen LogP contribution is 2.39. The maximum Gasteiger partial charge on any atom is 0.281 e. The lowest BCUT2D eigenvalue weighted by Gasteiger charge is -2.36. The van der Waals surface area contributed by atoms with E-state index in [2.05, 4.69) is 54.3 Å². The molecule has 1 fully saturated rings. The third-order valence-corrected chi connectivity index (χ3v) is 8.02. The van der Waals surface area contributed by atoms with Crippen LogP contribution in [0.1, 0.15) is 51.4 Å². The molecule has 36 heavy (non-hydrogen) atoms. The van der Waals surface area contributed by atoms with Gasteiger partial charge in [0.25, 0.3) is 15.9 Å². The zero-order valence-electron chi connectivity index (χ0n) is 21.3. The molecule has 3 N–H and O–H groups in total. The summed E-state index contributed by atoms with van der Waals surface area (Å²) in [4.78, 5) is 24.1. The Morgan fingerprint density at radius 2 is 1.97 bits per heavy atom. The molecule has 4 heterocycles. The Morgan fingerprint density at radius 1 is 1.22 bits per heavy atom. The quantitative estimate of drug-likeness (QED) is 0.493. The molecule has 11 heteroatoms. The number of sulfonamides is 1. The number of nitrogen functional groups attached to an aromatic ring is 1. The summed E-state index contributed by atoms with van der Waals surface area (Å²) in [5.74, 6) is 0.497. The number of aromatic nitrogens is 4. The number of hydrogen-bond donors (Lipinski definition) is 2. The number of hydrogen-bond acceptors (Lipinski definition) is 8. The van der Waals surface area contributed by atoms with E-state index < -0.39 is 15.9 Å². The number of nitrogens with one attached hydrogen (secondary N) is 1. The van der Waals surface area contributed by atoms with Gasteiger partial charge >= 0.3 is 0 Å². The first-order valence-electron chi connectivity index (χ1n) is 12.0. The Bertz CT molecular complexity index is 1380. The van der Waals surface area contributed by atoms with Crippen molar-refractivity contribution in [1.29, 1.82) is 0 Å². The van der Waals surface area contributed by atoms with Crippen LogP contribution in [0.2, 0.25) is 0 Å². The molecule has 192 valence electrons. The fourth-order valence-electron chi connectivity index (χ4n) is 4.38. The van der Waals surface area contributed by atoms with Gasteiger partial charge in [-0.15, -0.1) is 0 Å². The van der Waals surface area contributed by atoms with Gasteiger partial charge in [-0.3, -0.25) is 9.48 Å². The largest absolute Gasteiger partial charge is 0.384 e. The molecule has 0 spiro atoms. The summed E-state index contributed by atoms with van der Waals surface area (Å²) in [6.45, 7) is 12.1. The molecule has 4 rings (SSSR count). The van der Waals surface area contributed by atoms with E-state index in [0.29, 0.717) is 29.9 Å². The van der Waals surface area contributed by atoms with Gasteiger partial charge in [-0.1, -0.05) is 26.8 Å². The Kier molecular flexibility index (Phi) is 6.78. The van der Waals surface area contributed by atoms with Crippen molar-refractivity contribution >= 4 is 27.6 Å². The summed E-state index contributed by atoms with van der Waals surface area (Å²) in [6, 6.07) is 7.56. The van der Waals surface area contributed by atoms with Crippen LogP contribution in [0.5, 0.6) is 0 Å². The monoisotopic (exact) mass is 511 g/mol. The zero-order valence-corrected chi connectivity index (χ0v) is 22.1. The topological polar surface area (TPSA) is 136 Å². The van der Waals surface area contributed by atoms with Crippen LogP contribution in [0.15, 0.2) is 47.8 Å². The average Bonchev–Trinajstić information content (AvgIpc) is 3.36. The summed E-state index contributed by atoms with van der Waals surface area (Å²) in [6.07, 6.45) is 4.61. The maximum absolute atomic E-state index is 13.3. The highest BCUT2D eigenvalue weighted by atomic mass is 32.2. The minimum absolute atomic E-state index is 0.0443. The van der Waals surface area contributed by atoms with E-state index in [1.165, 1.54) is 18.2 Å². The van der Waals surface area contributed by atoms with Gasteiger partial charge in [0.05, 0.1) is 17.5 Å². The van der Waals surface area contributed by atoms with Gasteiger partial charge < -0.3 is 10.6 Å². The lowest BCUT2D eigenvalue weighted by molar-refractivity contribution is 0.0981. The van der Waals surface area contributed by atoms with Crippen molar-refractivity contribution in [3.8, 4) is 11.3 Å². The zero-order chi connectivity index (χ0) is 26.3. The molecule has 1 unspecified atom stereocenters. The molecule has 0 aliphatic carbocycles. The standard InChI is InChI=1S/C25H33N7O3S/c1-16(2)14-31-15-18(13-27-31)20-10-9-19(23(28-20)32-12-11-17(3)25(32,4)5)24(33)30-36(34,35)22-8-6-7-21(26)29-22/h6-10,13,15-17H,11-12,14H2,1-5H3,(H2,26,29)(H,30,33). The Labute approximate surface area is 212 Å². The second-order valence-electron chi connectivity index (χ2n) is 10.2. The normalized spacial score (nSPS) is 17.5. The first-order valence-corrected chi connectivity index (χ1v) is 13.5. The highest BCUT2D eigenvalue weighted by Gasteiger charge is 2.41. The number of carbonyl (C=O) groups is 1. The van der Waals surface area contributed by atoms with Crippen LogP contribution in [0, 0.1) is 11.8 Å². The molecule has 1 amide bonds. The molecule has 10 nitrogen and oxygen atoms in total. The molecule has 0 saturated carbocycles. The van der Waals surface area contributed by atoms with Crippen LogP contribution in [0.3, 0.4) is 0 Å². The van der Waals surface area contributed by atoms with Gasteiger partial charge in [-0.25, -0.2) is 14.7 Å². The molecule has 0 aromatic carbocycles. The van der Waals surface area contributed by atoms with E-state index >= 15 is 0 Å². The van der Waals surface area contributed by atoms with Gasteiger partial charge in [0.2, 0.25) is 0 Å². The molecule has 1 atom stereocenters. The average molecular weight is 512 g/mol. The Balaban J connectivity index is 1.74. The molecular weight excluding hydrogens is 478 g/mol. The van der Waals surface area contributed by atoms with Gasteiger partial charge in [0, 0.05) is 30.4 Å². The molecule has 1 aliphatic heterocycles. The van der Waals surface area contributed by atoms with Gasteiger partial charge in [-0.05, 0) is 56.4 Å². The van der Waals surface area contributed by atoms with Crippen molar-refractivity contribution in [2.24, 2.45) is 11.8 Å². The third-order valence-electron chi connectivity index (χ3n) is 6.79. The molecular formula is C25H33N7O3S. The van der Waals surface area contributed by atoms with E-state index in [4.69, 9.17) is 10.7 Å². The van der Waals surface area contributed by atoms with E-state index in [-0.39, 0.29) is 21.9 Å². The van der Waals surface area contributed by atoms with Gasteiger partial charge in [0.15, 0.2) is 5.03 Å². The fraction of sp³-hybridized carbons (Fsp3) is 0.440. The van der Waals surface area contributed by atoms with Crippen LogP contribution in [0.25, 0.3) is 11.3 Å². The van der Waals surface area contributed by atoms with E-state index in [0.717, 1.165) is 18.5 Å². The fourth-order valence-corrected chi connectivity index (χ4v) is 5.32. The van der Waals surface area contributed by atoms with Crippen LogP contribution in [-0.2, 0) is 16.6 Å². The number of nitrogens with zero attached hydrogens (tertiary/aromatic N) is 5. The lowest BCUT2D eigenvalue weighted by Crippen LogP contribution is -2.43. The number of nitrogens with two attached hydrogens (primary N) is 1. The molecule has 1 aliphatic rings. The predicted molar refractivity (Wildman–Crippen MR) is 139 cm³/mol. The molecule has 1 saturated heterocycles. The first kappa shape index (κ1) is 25.6. The number of pyridine rings is 2. The molecule has 0 bridgehead atoms. The smallest absolute Gasteiger partial charge is 0.281 e. The van der Waals surface area contributed by atoms with Crippen molar-refractivity contribution in [3.63, 3.8) is 0 Å². The van der Waals surface area contributed by atoms with Gasteiger partial charge in [-0.2, -0.15) is 13.5 Å². The number of rotatable bonds is 7. The highest BCUT2D eigenvalue weighted by molar-refractivity contribution is 7.90. The predicted octanol–water partition coefficient (Wildman–Crippen LogP) is 3.32. The second kappa shape index (κ2) is 9.53. The third kappa shape index (κ3) is 5.06. The van der Waals surface area contributed by atoms with E-state index in [9.17, 15) is 13.2 Å². The number of amides is 1. The molecule has 3 aromatic heterocycles. The summed E-state index contributed by atoms with van der Waals surface area (Å²) >= 11 is 0. The van der Waals surface area contributed by atoms with E-state index in [1.54, 1.807) is 18.3 Å². The Hall–Kier alpha value is -3.47. The van der Waals surface area contributed by atoms with Crippen LogP contribution >= 0.6 is 0 Å². The van der Waals surface area contributed by atoms with Crippen molar-refractivity contribution in [1.82, 2.24) is 24.5 Å². The molecule has 0 radical (unpaired) electrons. The van der Waals surface area contributed by atoms with Crippen LogP contribution in [0.4, 0.5) is 11.6 Å². The van der Waals surface area contributed by atoms with Crippen molar-refractivity contribution in [2.75, 3.05) is 17.2 Å². The lowest BCUT2D eigenvalue weighted by atomic mass is 9.90. The van der Waals surface area contributed by atoms with Crippen LogP contribution < -0.4 is 15.4 Å². The van der Waals surface area contributed by atoms with Crippen molar-refractivity contribution in [2.45, 2.75) is 58.1 Å². The number of carbonyl (C=O) groups excluding carboxylic acids is 1. The first-order chi connectivity index (χ1) is 16.9. The maximum atomic E-state index is 13.3. The van der Waals surface area contributed by atoms with Crippen LogP contribution in [-0.4, -0.2) is 46.2 Å². The number of anilines is 2. The SMILES string of the molecule is CC(C)Cn1cc(-c2ccc(C(=O)NS(=O)(=O)c3cccc(N)n3)c(N3CCC(C)C3(C)C)n2)cn1. The molecule has 3 aromatic rings. The summed E-state index contributed by atoms with van der Waals surface area (Å²) in [5, 5.41) is 4.11. The minimum atomic E-state index is -4.23. The van der Waals surface area contributed by atoms with Crippen molar-refractivity contribution in [3.05, 3.63) is 48.3 Å². The summed E-state index contributed by atoms with van der Waals surface area (Å²) in [5.41, 5.74) is 7.01. The minimum Gasteiger partial charge on any atom is -0.384 e. The second-order valence-corrected chi connectivity index (χ2v) is 11.9. The summed E-state index contributed by atoms with van der Waals surface area (Å²) < 4.78 is 29.7. The van der Waals surface area contributed by atoms with E-state index in [1.807, 2.05) is 10.9 Å². The van der Waals surface area contributed by atoms with Crippen molar-refractivity contribution < 1.29 is 13.2 Å². The summed E-state index contributed by atoms with van der Waals surface area (Å²) in [7, 11) is -4.23. The Morgan fingerprint density at radius 3 is 2.61 bits per heavy atom. The van der Waals surface area contributed by atoms with Gasteiger partial charge in [0.1, 0.15) is 11.6 Å².